The van der Waals surface area contributed by atoms with E-state index in [9.17, 15) is 4.79 Å². The number of carbonyl (C=O) groups excluding carboxylic acids is 1. The van der Waals surface area contributed by atoms with Gasteiger partial charge < -0.3 is 10.1 Å². The first kappa shape index (κ1) is 18.3. The molecule has 6 nitrogen and oxygen atoms in total. The van der Waals surface area contributed by atoms with Crippen LogP contribution in [0.3, 0.4) is 0 Å². The highest BCUT2D eigenvalue weighted by atomic mass is 35.5. The number of allylic oxidation sites excluding steroid dienone is 1. The molecular formula is C19H20Cl2N4O2. The fourth-order valence-electron chi connectivity index (χ4n) is 3.74. The van der Waals surface area contributed by atoms with Gasteiger partial charge in [-0.1, -0.05) is 35.7 Å². The topological polar surface area (TPSA) is 69.0 Å². The molecule has 1 aromatic carbocycles. The molecule has 0 spiro atoms. The number of benzene rings is 1. The van der Waals surface area contributed by atoms with E-state index in [0.29, 0.717) is 27.3 Å². The zero-order chi connectivity index (χ0) is 19.0. The van der Waals surface area contributed by atoms with Crippen molar-refractivity contribution >= 4 is 35.1 Å². The van der Waals surface area contributed by atoms with Gasteiger partial charge in [0.2, 0.25) is 5.95 Å². The maximum atomic E-state index is 13.1. The molecule has 1 aliphatic carbocycles. The van der Waals surface area contributed by atoms with Crippen molar-refractivity contribution in [2.24, 2.45) is 0 Å². The number of halogens is 2. The Balaban J connectivity index is 1.72. The minimum atomic E-state index is -0.477. The van der Waals surface area contributed by atoms with Gasteiger partial charge in [0, 0.05) is 5.70 Å². The third-order valence-electron chi connectivity index (χ3n) is 5.10. The van der Waals surface area contributed by atoms with Crippen LogP contribution in [-0.2, 0) is 9.53 Å². The van der Waals surface area contributed by atoms with Gasteiger partial charge in [0.15, 0.2) is 0 Å². The summed E-state index contributed by atoms with van der Waals surface area (Å²) in [7, 11) is 0. The van der Waals surface area contributed by atoms with E-state index in [-0.39, 0.29) is 12.1 Å². The predicted molar refractivity (Wildman–Crippen MR) is 104 cm³/mol. The zero-order valence-corrected chi connectivity index (χ0v) is 16.4. The molecule has 0 bridgehead atoms. The summed E-state index contributed by atoms with van der Waals surface area (Å²) in [4.78, 5) is 17.3. The van der Waals surface area contributed by atoms with Gasteiger partial charge in [0.05, 0.1) is 15.6 Å². The molecule has 2 aliphatic rings. The number of nitrogens with one attached hydrogen (secondary N) is 1. The predicted octanol–water partition coefficient (Wildman–Crippen LogP) is 4.75. The van der Waals surface area contributed by atoms with E-state index in [1.807, 2.05) is 13.0 Å². The van der Waals surface area contributed by atoms with Crippen molar-refractivity contribution < 1.29 is 9.53 Å². The Kier molecular flexibility index (Phi) is 5.10. The summed E-state index contributed by atoms with van der Waals surface area (Å²) in [5.41, 5.74) is 2.01. The molecule has 142 valence electrons. The van der Waals surface area contributed by atoms with Crippen LogP contribution in [0.4, 0.5) is 5.95 Å². The van der Waals surface area contributed by atoms with E-state index < -0.39 is 6.04 Å². The number of fused-ring (bicyclic) bond motifs is 1. The summed E-state index contributed by atoms with van der Waals surface area (Å²) in [5, 5.41) is 8.33. The second-order valence-corrected chi connectivity index (χ2v) is 7.75. The Bertz CT molecular complexity index is 903. The van der Waals surface area contributed by atoms with Crippen molar-refractivity contribution in [3.63, 3.8) is 0 Å². The monoisotopic (exact) mass is 406 g/mol. The minimum absolute atomic E-state index is 0.0295. The van der Waals surface area contributed by atoms with Crippen LogP contribution in [0, 0.1) is 0 Å². The highest BCUT2D eigenvalue weighted by molar-refractivity contribution is 6.42. The summed E-state index contributed by atoms with van der Waals surface area (Å²) in [5.74, 6) is 0.238. The minimum Gasteiger partial charge on any atom is -0.459 e. The molecule has 1 aliphatic heterocycles. The van der Waals surface area contributed by atoms with Gasteiger partial charge in [-0.3, -0.25) is 0 Å². The SMILES string of the molecule is CC1=C(C(=O)OC2CCCCC2)C(c2ccc(Cl)c(Cl)c2)n2ncnc2N1. The van der Waals surface area contributed by atoms with E-state index in [2.05, 4.69) is 15.4 Å². The molecule has 8 heteroatoms. The summed E-state index contributed by atoms with van der Waals surface area (Å²) in [6.45, 7) is 1.85. The number of hydrogen-bond donors (Lipinski definition) is 1. The average molecular weight is 407 g/mol. The first-order chi connectivity index (χ1) is 13.0. The molecule has 0 radical (unpaired) electrons. The molecule has 0 amide bonds. The molecule has 2 heterocycles. The number of ether oxygens (including phenoxy) is 1. The number of nitrogens with zero attached hydrogens (tertiary/aromatic N) is 3. The molecule has 2 aromatic rings. The molecular weight excluding hydrogens is 387 g/mol. The molecule has 27 heavy (non-hydrogen) atoms. The lowest BCUT2D eigenvalue weighted by Crippen LogP contribution is -2.32. The number of rotatable bonds is 3. The Morgan fingerprint density at radius 2 is 2.00 bits per heavy atom. The van der Waals surface area contributed by atoms with E-state index in [0.717, 1.165) is 31.2 Å². The van der Waals surface area contributed by atoms with Crippen molar-refractivity contribution in [3.05, 3.63) is 51.4 Å². The second kappa shape index (κ2) is 7.52. The molecule has 1 aromatic heterocycles. The van der Waals surface area contributed by atoms with Gasteiger partial charge in [-0.25, -0.2) is 9.48 Å². The van der Waals surface area contributed by atoms with Crippen molar-refractivity contribution in [2.75, 3.05) is 5.32 Å². The molecule has 1 fully saturated rings. The second-order valence-electron chi connectivity index (χ2n) is 6.93. The van der Waals surface area contributed by atoms with Crippen molar-refractivity contribution in [3.8, 4) is 0 Å². The standard InChI is InChI=1S/C19H20Cl2N4O2/c1-11-16(18(26)27-13-5-3-2-4-6-13)17(25-19(24-11)22-10-23-25)12-7-8-14(20)15(21)9-12/h7-10,13,17H,2-6H2,1H3,(H,22,23,24). The van der Waals surface area contributed by atoms with Crippen LogP contribution < -0.4 is 5.32 Å². The van der Waals surface area contributed by atoms with Crippen LogP contribution in [0.15, 0.2) is 35.8 Å². The molecule has 1 unspecified atom stereocenters. The highest BCUT2D eigenvalue weighted by Crippen LogP contribution is 2.37. The van der Waals surface area contributed by atoms with Crippen molar-refractivity contribution in [2.45, 2.75) is 51.2 Å². The number of anilines is 1. The lowest BCUT2D eigenvalue weighted by molar-refractivity contribution is -0.146. The van der Waals surface area contributed by atoms with Crippen LogP contribution in [0.2, 0.25) is 10.0 Å². The van der Waals surface area contributed by atoms with Gasteiger partial charge in [-0.15, -0.1) is 0 Å². The lowest BCUT2D eigenvalue weighted by Gasteiger charge is -2.30. The van der Waals surface area contributed by atoms with Crippen LogP contribution in [0.5, 0.6) is 0 Å². The van der Waals surface area contributed by atoms with Crippen LogP contribution in [-0.4, -0.2) is 26.8 Å². The van der Waals surface area contributed by atoms with E-state index in [1.165, 1.54) is 12.7 Å². The smallest absolute Gasteiger partial charge is 0.338 e. The Morgan fingerprint density at radius 1 is 1.22 bits per heavy atom. The van der Waals surface area contributed by atoms with Gasteiger partial charge in [-0.2, -0.15) is 10.1 Å². The van der Waals surface area contributed by atoms with Crippen LogP contribution in [0.1, 0.15) is 50.6 Å². The maximum Gasteiger partial charge on any atom is 0.338 e. The van der Waals surface area contributed by atoms with Gasteiger partial charge in [0.1, 0.15) is 18.5 Å². The average Bonchev–Trinajstić information content (AvgIpc) is 3.11. The third-order valence-corrected chi connectivity index (χ3v) is 5.84. The van der Waals surface area contributed by atoms with Crippen molar-refractivity contribution in [1.82, 2.24) is 14.8 Å². The van der Waals surface area contributed by atoms with Crippen LogP contribution >= 0.6 is 23.2 Å². The Hall–Kier alpha value is -2.05. The summed E-state index contributed by atoms with van der Waals surface area (Å²) < 4.78 is 7.51. The van der Waals surface area contributed by atoms with Crippen LogP contribution in [0.25, 0.3) is 0 Å². The lowest BCUT2D eigenvalue weighted by atomic mass is 9.95. The summed E-state index contributed by atoms with van der Waals surface area (Å²) in [6, 6.07) is 4.84. The largest absolute Gasteiger partial charge is 0.459 e. The zero-order valence-electron chi connectivity index (χ0n) is 14.9. The quantitative estimate of drug-likeness (QED) is 0.744. The maximum absolute atomic E-state index is 13.1. The Labute approximate surface area is 167 Å². The van der Waals surface area contributed by atoms with Gasteiger partial charge in [0.25, 0.3) is 0 Å². The molecule has 0 saturated heterocycles. The van der Waals surface area contributed by atoms with E-state index in [1.54, 1.807) is 16.8 Å². The molecule has 4 rings (SSSR count). The number of hydrogen-bond acceptors (Lipinski definition) is 5. The number of carbonyl (C=O) groups is 1. The number of esters is 1. The summed E-state index contributed by atoms with van der Waals surface area (Å²) in [6.07, 6.45) is 6.64. The van der Waals surface area contributed by atoms with Crippen molar-refractivity contribution in [1.29, 1.82) is 0 Å². The molecule has 1 atom stereocenters. The summed E-state index contributed by atoms with van der Waals surface area (Å²) >= 11 is 12.3. The van der Waals surface area contributed by atoms with Gasteiger partial charge in [-0.05, 0) is 50.3 Å². The third kappa shape index (κ3) is 3.56. The van der Waals surface area contributed by atoms with E-state index >= 15 is 0 Å². The fraction of sp³-hybridized carbons (Fsp3) is 0.421. The number of aromatic nitrogens is 3. The van der Waals surface area contributed by atoms with Gasteiger partial charge >= 0.3 is 5.97 Å². The fourth-order valence-corrected chi connectivity index (χ4v) is 4.05. The van der Waals surface area contributed by atoms with E-state index in [4.69, 9.17) is 27.9 Å². The Morgan fingerprint density at radius 3 is 2.74 bits per heavy atom. The first-order valence-electron chi connectivity index (χ1n) is 9.08. The normalized spacial score (nSPS) is 20.2. The first-order valence-corrected chi connectivity index (χ1v) is 9.83. The highest BCUT2D eigenvalue weighted by Gasteiger charge is 2.35. The molecule has 1 saturated carbocycles. The molecule has 1 N–H and O–H groups in total.